The predicted molar refractivity (Wildman–Crippen MR) is 86.6 cm³/mol. The number of benzene rings is 1. The molecule has 0 saturated heterocycles. The van der Waals surface area contributed by atoms with Crippen LogP contribution in [-0.2, 0) is 9.59 Å². The molecule has 0 aliphatic heterocycles. The van der Waals surface area contributed by atoms with Gasteiger partial charge in [0.15, 0.2) is 0 Å². The van der Waals surface area contributed by atoms with Gasteiger partial charge in [-0.05, 0) is 44.4 Å². The van der Waals surface area contributed by atoms with Gasteiger partial charge in [0.2, 0.25) is 11.8 Å². The van der Waals surface area contributed by atoms with Crippen LogP contribution in [0.2, 0.25) is 0 Å². The molecule has 0 bridgehead atoms. The van der Waals surface area contributed by atoms with Crippen molar-refractivity contribution in [2.24, 2.45) is 11.7 Å². The highest BCUT2D eigenvalue weighted by atomic mass is 35.5. The van der Waals surface area contributed by atoms with E-state index in [1.54, 1.807) is 12.1 Å². The number of halogens is 1. The molecule has 0 radical (unpaired) electrons. The minimum Gasteiger partial charge on any atom is -0.328 e. The Morgan fingerprint density at radius 3 is 2.48 bits per heavy atom. The first kappa shape index (κ1) is 17.5. The lowest BCUT2D eigenvalue weighted by Gasteiger charge is -2.09. The predicted octanol–water partition coefficient (Wildman–Crippen LogP) is 2.52. The van der Waals surface area contributed by atoms with Gasteiger partial charge in [0.05, 0.1) is 0 Å². The van der Waals surface area contributed by atoms with Gasteiger partial charge in [-0.3, -0.25) is 9.59 Å². The topological polar surface area (TPSA) is 84.2 Å². The molecule has 1 aliphatic rings. The molecule has 21 heavy (non-hydrogen) atoms. The lowest BCUT2D eigenvalue weighted by atomic mass is 10.2. The summed E-state index contributed by atoms with van der Waals surface area (Å²) in [6, 6.07) is 7.22. The summed E-state index contributed by atoms with van der Waals surface area (Å²) in [5.41, 5.74) is 7.02. The molecular weight excluding hydrogens is 290 g/mol. The third-order valence-corrected chi connectivity index (χ3v) is 3.19. The molecule has 4 N–H and O–H groups in total. The molecule has 5 nitrogen and oxygen atoms in total. The Labute approximate surface area is 131 Å². The van der Waals surface area contributed by atoms with E-state index in [1.165, 1.54) is 0 Å². The van der Waals surface area contributed by atoms with Crippen molar-refractivity contribution >= 4 is 35.6 Å². The standard InChI is InChI=1S/C15H21N3O2.ClH/c1-10(16)5-8-14(19)17-12-3-2-4-13(9-12)18-15(20)11-6-7-11;/h2-4,9-11H,5-8,16H2,1H3,(H,17,19)(H,18,20);1H. The second kappa shape index (κ2) is 8.00. The Kier molecular flexibility index (Phi) is 6.65. The van der Waals surface area contributed by atoms with E-state index >= 15 is 0 Å². The van der Waals surface area contributed by atoms with Gasteiger partial charge in [-0.1, -0.05) is 6.07 Å². The van der Waals surface area contributed by atoms with Gasteiger partial charge in [-0.2, -0.15) is 0 Å². The van der Waals surface area contributed by atoms with Gasteiger partial charge in [0, 0.05) is 29.8 Å². The summed E-state index contributed by atoms with van der Waals surface area (Å²) in [5.74, 6) is 0.165. The van der Waals surface area contributed by atoms with E-state index in [0.717, 1.165) is 12.8 Å². The number of rotatable bonds is 6. The number of anilines is 2. The molecule has 1 saturated carbocycles. The van der Waals surface area contributed by atoms with Crippen LogP contribution in [0, 0.1) is 5.92 Å². The smallest absolute Gasteiger partial charge is 0.227 e. The Bertz CT molecular complexity index is 501. The van der Waals surface area contributed by atoms with Gasteiger partial charge in [0.1, 0.15) is 0 Å². The van der Waals surface area contributed by atoms with Crippen molar-refractivity contribution in [2.45, 2.75) is 38.6 Å². The van der Waals surface area contributed by atoms with E-state index in [2.05, 4.69) is 10.6 Å². The van der Waals surface area contributed by atoms with Crippen LogP contribution in [0.5, 0.6) is 0 Å². The molecule has 1 aromatic rings. The van der Waals surface area contributed by atoms with Crippen LogP contribution < -0.4 is 16.4 Å². The van der Waals surface area contributed by atoms with Gasteiger partial charge in [-0.15, -0.1) is 12.4 Å². The van der Waals surface area contributed by atoms with E-state index in [0.29, 0.717) is 24.2 Å². The molecule has 1 aromatic carbocycles. The molecule has 0 aromatic heterocycles. The first-order chi connectivity index (χ1) is 9.54. The number of nitrogens with one attached hydrogen (secondary N) is 2. The fourth-order valence-corrected chi connectivity index (χ4v) is 1.85. The lowest BCUT2D eigenvalue weighted by Crippen LogP contribution is -2.19. The number of hydrogen-bond donors (Lipinski definition) is 3. The van der Waals surface area contributed by atoms with Crippen molar-refractivity contribution in [2.75, 3.05) is 10.6 Å². The van der Waals surface area contributed by atoms with Crippen LogP contribution in [0.1, 0.15) is 32.6 Å². The third-order valence-electron chi connectivity index (χ3n) is 3.19. The molecule has 1 aliphatic carbocycles. The zero-order chi connectivity index (χ0) is 14.5. The Morgan fingerprint density at radius 2 is 1.90 bits per heavy atom. The lowest BCUT2D eigenvalue weighted by molar-refractivity contribution is -0.117. The van der Waals surface area contributed by atoms with Gasteiger partial charge in [-0.25, -0.2) is 0 Å². The number of hydrogen-bond acceptors (Lipinski definition) is 3. The highest BCUT2D eigenvalue weighted by molar-refractivity contribution is 5.95. The fraction of sp³-hybridized carbons (Fsp3) is 0.467. The van der Waals surface area contributed by atoms with E-state index < -0.39 is 0 Å². The van der Waals surface area contributed by atoms with Crippen molar-refractivity contribution in [1.82, 2.24) is 0 Å². The number of carbonyl (C=O) groups is 2. The van der Waals surface area contributed by atoms with E-state index in [9.17, 15) is 9.59 Å². The van der Waals surface area contributed by atoms with Crippen molar-refractivity contribution in [3.05, 3.63) is 24.3 Å². The summed E-state index contributed by atoms with van der Waals surface area (Å²) in [4.78, 5) is 23.4. The summed E-state index contributed by atoms with van der Waals surface area (Å²) in [6.07, 6.45) is 3.00. The molecular formula is C15H22ClN3O2. The van der Waals surface area contributed by atoms with Crippen LogP contribution in [0.15, 0.2) is 24.3 Å². The van der Waals surface area contributed by atoms with Gasteiger partial charge in [0.25, 0.3) is 0 Å². The zero-order valence-corrected chi connectivity index (χ0v) is 12.9. The summed E-state index contributed by atoms with van der Waals surface area (Å²) < 4.78 is 0. The second-order valence-corrected chi connectivity index (χ2v) is 5.41. The quantitative estimate of drug-likeness (QED) is 0.754. The maximum Gasteiger partial charge on any atom is 0.227 e. The second-order valence-electron chi connectivity index (χ2n) is 5.41. The highest BCUT2D eigenvalue weighted by Gasteiger charge is 2.29. The molecule has 2 rings (SSSR count). The van der Waals surface area contributed by atoms with Gasteiger partial charge >= 0.3 is 0 Å². The molecule has 1 unspecified atom stereocenters. The van der Waals surface area contributed by atoms with Crippen molar-refractivity contribution in [3.8, 4) is 0 Å². The minimum absolute atomic E-state index is 0. The molecule has 1 atom stereocenters. The summed E-state index contributed by atoms with van der Waals surface area (Å²) >= 11 is 0. The molecule has 1 fully saturated rings. The Morgan fingerprint density at radius 1 is 1.29 bits per heavy atom. The largest absolute Gasteiger partial charge is 0.328 e. The SMILES string of the molecule is CC(N)CCC(=O)Nc1cccc(NC(=O)C2CC2)c1.Cl. The third kappa shape index (κ3) is 6.14. The molecule has 0 spiro atoms. The summed E-state index contributed by atoms with van der Waals surface area (Å²) in [5, 5.41) is 5.67. The maximum absolute atomic E-state index is 11.7. The van der Waals surface area contributed by atoms with Gasteiger partial charge < -0.3 is 16.4 Å². The summed E-state index contributed by atoms with van der Waals surface area (Å²) in [7, 11) is 0. The Hall–Kier alpha value is -1.59. The number of nitrogens with two attached hydrogens (primary N) is 1. The van der Waals surface area contributed by atoms with E-state index in [1.807, 2.05) is 19.1 Å². The molecule has 116 valence electrons. The first-order valence-electron chi connectivity index (χ1n) is 7.01. The average Bonchev–Trinajstić information content (AvgIpc) is 3.21. The van der Waals surface area contributed by atoms with Crippen LogP contribution in [-0.4, -0.2) is 17.9 Å². The molecule has 6 heteroatoms. The zero-order valence-electron chi connectivity index (χ0n) is 12.1. The van der Waals surface area contributed by atoms with Crippen LogP contribution in [0.4, 0.5) is 11.4 Å². The number of carbonyl (C=O) groups excluding carboxylic acids is 2. The van der Waals surface area contributed by atoms with Crippen LogP contribution in [0.25, 0.3) is 0 Å². The maximum atomic E-state index is 11.7. The highest BCUT2D eigenvalue weighted by Crippen LogP contribution is 2.30. The van der Waals surface area contributed by atoms with Crippen molar-refractivity contribution < 1.29 is 9.59 Å². The van der Waals surface area contributed by atoms with Crippen LogP contribution >= 0.6 is 12.4 Å². The minimum atomic E-state index is -0.0621. The molecule has 0 heterocycles. The Balaban J connectivity index is 0.00000220. The first-order valence-corrected chi connectivity index (χ1v) is 7.01. The monoisotopic (exact) mass is 311 g/mol. The summed E-state index contributed by atoms with van der Waals surface area (Å²) in [6.45, 7) is 1.88. The number of amides is 2. The molecule has 2 amide bonds. The van der Waals surface area contributed by atoms with E-state index in [4.69, 9.17) is 5.73 Å². The van der Waals surface area contributed by atoms with Crippen LogP contribution in [0.3, 0.4) is 0 Å². The normalized spacial score (nSPS) is 14.8. The average molecular weight is 312 g/mol. The van der Waals surface area contributed by atoms with E-state index in [-0.39, 0.29) is 36.2 Å². The van der Waals surface area contributed by atoms with Crippen molar-refractivity contribution in [1.29, 1.82) is 0 Å². The van der Waals surface area contributed by atoms with Crippen molar-refractivity contribution in [3.63, 3.8) is 0 Å². The fourth-order valence-electron chi connectivity index (χ4n) is 1.85.